The Hall–Kier alpha value is -4.23. The Kier molecular flexibility index (Phi) is 15.2. The summed E-state index contributed by atoms with van der Waals surface area (Å²) in [4.78, 5) is 49.5. The lowest BCUT2D eigenvalue weighted by Crippen LogP contribution is -2.29. The van der Waals surface area contributed by atoms with Crippen molar-refractivity contribution < 1.29 is 33.1 Å². The summed E-state index contributed by atoms with van der Waals surface area (Å²) in [6.45, 7) is 3.74. The number of halogens is 1. The number of rotatable bonds is 6. The first-order valence-corrected chi connectivity index (χ1v) is 9.90. The van der Waals surface area contributed by atoms with Crippen molar-refractivity contribution in [3.63, 3.8) is 0 Å². The molecule has 0 aliphatic rings. The molecule has 3 aromatic heterocycles. The standard InChI is InChI=1S/C10H9N3O3.C6H7N3O.C4H5ClO3.CH4/c1-2-15-10(14)9-13-12-8(16-9)7-4-3-5-11-6-7;7-9-6(10)5-2-1-3-8-4-5;1-2-8-4(7)3(5)6;/h3-6H,2H2,1H3;1-4H,7H2,(H,9,10);2H2,1H3;1H4. The van der Waals surface area contributed by atoms with Crippen molar-refractivity contribution in [2.24, 2.45) is 5.84 Å². The minimum Gasteiger partial charge on any atom is -0.459 e. The fourth-order valence-electron chi connectivity index (χ4n) is 1.87. The van der Waals surface area contributed by atoms with E-state index in [0.717, 1.165) is 0 Å². The van der Waals surface area contributed by atoms with Crippen LogP contribution >= 0.6 is 11.6 Å². The molecule has 0 unspecified atom stereocenters. The molecule has 3 N–H and O–H groups in total. The van der Waals surface area contributed by atoms with Gasteiger partial charge in [-0.05, 0) is 49.7 Å². The molecule has 1 amide bonds. The van der Waals surface area contributed by atoms with Crippen LogP contribution in [-0.2, 0) is 19.1 Å². The zero-order valence-corrected chi connectivity index (χ0v) is 18.9. The van der Waals surface area contributed by atoms with Gasteiger partial charge in [0.15, 0.2) is 0 Å². The van der Waals surface area contributed by atoms with Crippen molar-refractivity contribution in [1.82, 2.24) is 25.6 Å². The number of aromatic nitrogens is 4. The Morgan fingerprint density at radius 3 is 2.09 bits per heavy atom. The Morgan fingerprint density at radius 1 is 1.00 bits per heavy atom. The number of nitrogen functional groups attached to an aromatic ring is 1. The Morgan fingerprint density at radius 2 is 1.63 bits per heavy atom. The zero-order chi connectivity index (χ0) is 25.3. The van der Waals surface area contributed by atoms with Crippen molar-refractivity contribution >= 4 is 34.7 Å². The average Bonchev–Trinajstić information content (AvgIpc) is 3.36. The molecule has 0 radical (unpaired) electrons. The van der Waals surface area contributed by atoms with Gasteiger partial charge in [-0.1, -0.05) is 7.43 Å². The van der Waals surface area contributed by atoms with Gasteiger partial charge in [0, 0.05) is 24.8 Å². The SMILES string of the molecule is C.CCOC(=O)C(=O)Cl.CCOC(=O)c1nnc(-c2cccnc2)o1.NNC(=O)c1cccnc1. The smallest absolute Gasteiger partial charge is 0.396 e. The number of carbonyl (C=O) groups excluding carboxylic acids is 4. The van der Waals surface area contributed by atoms with E-state index in [0.29, 0.717) is 11.1 Å². The third kappa shape index (κ3) is 11.5. The summed E-state index contributed by atoms with van der Waals surface area (Å²) >= 11 is 4.69. The zero-order valence-electron chi connectivity index (χ0n) is 18.1. The lowest BCUT2D eigenvalue weighted by molar-refractivity contribution is -0.149. The molecule has 13 nitrogen and oxygen atoms in total. The van der Waals surface area contributed by atoms with Crippen LogP contribution in [0.3, 0.4) is 0 Å². The maximum Gasteiger partial charge on any atom is 0.396 e. The van der Waals surface area contributed by atoms with Crippen LogP contribution in [-0.4, -0.2) is 56.5 Å². The van der Waals surface area contributed by atoms with Gasteiger partial charge in [0.1, 0.15) is 0 Å². The van der Waals surface area contributed by atoms with E-state index in [4.69, 9.17) is 26.6 Å². The van der Waals surface area contributed by atoms with Crippen molar-refractivity contribution in [3.8, 4) is 11.5 Å². The topological polar surface area (TPSA) is 189 Å². The van der Waals surface area contributed by atoms with Gasteiger partial charge in [0.25, 0.3) is 5.91 Å². The monoisotopic (exact) mass is 508 g/mol. The summed E-state index contributed by atoms with van der Waals surface area (Å²) in [6.07, 6.45) is 6.24. The molecule has 35 heavy (non-hydrogen) atoms. The molecule has 0 aromatic carbocycles. The average molecular weight is 509 g/mol. The molecule has 0 saturated heterocycles. The number of nitrogens with zero attached hydrogens (tertiary/aromatic N) is 4. The van der Waals surface area contributed by atoms with Gasteiger partial charge < -0.3 is 13.9 Å². The second kappa shape index (κ2) is 17.3. The van der Waals surface area contributed by atoms with Gasteiger partial charge in [-0.3, -0.25) is 25.0 Å². The molecule has 14 heteroatoms. The van der Waals surface area contributed by atoms with Crippen molar-refractivity contribution in [2.45, 2.75) is 21.3 Å². The van der Waals surface area contributed by atoms with Crippen molar-refractivity contribution in [3.05, 3.63) is 60.5 Å². The number of ether oxygens (including phenoxy) is 2. The predicted molar refractivity (Wildman–Crippen MR) is 124 cm³/mol. The number of hydrogen-bond donors (Lipinski definition) is 2. The molecule has 0 bridgehead atoms. The van der Waals surface area contributed by atoms with Crippen LogP contribution in [0.5, 0.6) is 0 Å². The molecule has 3 heterocycles. The number of esters is 2. The quantitative estimate of drug-likeness (QED) is 0.123. The molecular weight excluding hydrogens is 484 g/mol. The van der Waals surface area contributed by atoms with Crippen LogP contribution in [0.2, 0.25) is 0 Å². The number of hydrogen-bond acceptors (Lipinski definition) is 12. The van der Waals surface area contributed by atoms with Gasteiger partial charge in [0.05, 0.1) is 24.3 Å². The Labute approximate surface area is 206 Å². The summed E-state index contributed by atoms with van der Waals surface area (Å²) in [7, 11) is 0. The van der Waals surface area contributed by atoms with Crippen LogP contribution in [0.4, 0.5) is 0 Å². The van der Waals surface area contributed by atoms with Crippen LogP contribution < -0.4 is 11.3 Å². The second-order valence-electron chi connectivity index (χ2n) is 5.58. The summed E-state index contributed by atoms with van der Waals surface area (Å²) in [5.41, 5.74) is 3.12. The fourth-order valence-corrected chi connectivity index (χ4v) is 1.93. The van der Waals surface area contributed by atoms with E-state index in [-0.39, 0.29) is 38.3 Å². The minimum absolute atomic E-state index is 0. The highest BCUT2D eigenvalue weighted by Gasteiger charge is 2.16. The highest BCUT2D eigenvalue weighted by Crippen LogP contribution is 2.16. The lowest BCUT2D eigenvalue weighted by Gasteiger charge is -1.95. The number of carbonyl (C=O) groups is 4. The van der Waals surface area contributed by atoms with Gasteiger partial charge in [0.2, 0.25) is 5.89 Å². The molecule has 3 aromatic rings. The van der Waals surface area contributed by atoms with Gasteiger partial charge in [-0.15, -0.1) is 10.2 Å². The van der Waals surface area contributed by atoms with Crippen LogP contribution in [0.1, 0.15) is 42.3 Å². The fraction of sp³-hybridized carbons (Fsp3) is 0.238. The Balaban J connectivity index is 0.000000528. The van der Waals surface area contributed by atoms with Crippen LogP contribution in [0, 0.1) is 0 Å². The summed E-state index contributed by atoms with van der Waals surface area (Å²) in [5.74, 6) is 3.03. The van der Waals surface area contributed by atoms with E-state index < -0.39 is 17.2 Å². The molecule has 0 spiro atoms. The van der Waals surface area contributed by atoms with Crippen LogP contribution in [0.15, 0.2) is 53.5 Å². The van der Waals surface area contributed by atoms with Crippen molar-refractivity contribution in [2.75, 3.05) is 13.2 Å². The van der Waals surface area contributed by atoms with E-state index in [1.165, 1.54) is 6.20 Å². The first-order valence-electron chi connectivity index (χ1n) is 9.52. The van der Waals surface area contributed by atoms with E-state index in [1.807, 2.05) is 5.43 Å². The van der Waals surface area contributed by atoms with Gasteiger partial charge in [-0.2, -0.15) is 0 Å². The maximum absolute atomic E-state index is 11.3. The third-order valence-corrected chi connectivity index (χ3v) is 3.43. The summed E-state index contributed by atoms with van der Waals surface area (Å²) in [6, 6.07) is 6.80. The second-order valence-corrected chi connectivity index (χ2v) is 5.93. The minimum atomic E-state index is -1.08. The molecule has 0 saturated carbocycles. The summed E-state index contributed by atoms with van der Waals surface area (Å²) in [5, 5.41) is 6.25. The number of nitrogens with two attached hydrogens (primary N) is 1. The van der Waals surface area contributed by atoms with Gasteiger partial charge in [-0.25, -0.2) is 15.4 Å². The highest BCUT2D eigenvalue weighted by molar-refractivity contribution is 6.80. The first kappa shape index (κ1) is 30.8. The molecular formula is C21H25ClN6O7. The lowest BCUT2D eigenvalue weighted by atomic mass is 10.3. The van der Waals surface area contributed by atoms with E-state index in [9.17, 15) is 19.2 Å². The van der Waals surface area contributed by atoms with Crippen molar-refractivity contribution in [1.29, 1.82) is 0 Å². The van der Waals surface area contributed by atoms with Crippen LogP contribution in [0.25, 0.3) is 11.5 Å². The maximum atomic E-state index is 11.3. The van der Waals surface area contributed by atoms with E-state index in [2.05, 4.69) is 24.9 Å². The van der Waals surface area contributed by atoms with E-state index in [1.54, 1.807) is 56.7 Å². The number of pyridine rings is 2. The molecule has 0 atom stereocenters. The number of amides is 1. The largest absolute Gasteiger partial charge is 0.459 e. The third-order valence-electron chi connectivity index (χ3n) is 3.27. The molecule has 0 aliphatic heterocycles. The molecule has 0 aliphatic carbocycles. The normalized spacial score (nSPS) is 9.03. The van der Waals surface area contributed by atoms with E-state index >= 15 is 0 Å². The highest BCUT2D eigenvalue weighted by atomic mass is 35.5. The summed E-state index contributed by atoms with van der Waals surface area (Å²) < 4.78 is 14.1. The molecule has 188 valence electrons. The molecule has 0 fully saturated rings. The molecule has 3 rings (SSSR count). The number of nitrogens with one attached hydrogen (secondary N) is 1. The first-order chi connectivity index (χ1) is 16.3. The van der Waals surface area contributed by atoms with Gasteiger partial charge >= 0.3 is 23.1 Å². The Bertz CT molecular complexity index is 1060. The number of hydrazine groups is 1. The predicted octanol–water partition coefficient (Wildman–Crippen LogP) is 1.94.